The fourth-order valence-corrected chi connectivity index (χ4v) is 6.03. The molecular weight excluding hydrogens is 306 g/mol. The molecule has 0 aliphatic heterocycles. The highest BCUT2D eigenvalue weighted by Crippen LogP contribution is 2.54. The van der Waals surface area contributed by atoms with Gasteiger partial charge in [-0.1, -0.05) is 0 Å². The van der Waals surface area contributed by atoms with Gasteiger partial charge in [-0.15, -0.1) is 0 Å². The lowest BCUT2D eigenvalue weighted by Gasteiger charge is -2.16. The third-order valence-corrected chi connectivity index (χ3v) is 8.23. The second-order valence-corrected chi connectivity index (χ2v) is 11.1. The minimum absolute atomic E-state index is 0.332. The summed E-state index contributed by atoms with van der Waals surface area (Å²) >= 11 is 0. The van der Waals surface area contributed by atoms with Crippen molar-refractivity contribution in [2.45, 2.75) is 0 Å². The first-order valence-electron chi connectivity index (χ1n) is 7.20. The van der Waals surface area contributed by atoms with Crippen molar-refractivity contribution >= 4 is 15.2 Å². The van der Waals surface area contributed by atoms with Crippen LogP contribution in [0.3, 0.4) is 0 Å². The maximum atomic E-state index is 5.24. The van der Waals surface area contributed by atoms with E-state index in [2.05, 4.69) is 18.0 Å². The molecule has 0 atom stereocenters. The van der Waals surface area contributed by atoms with Crippen LogP contribution >= 0.6 is 15.2 Å². The summed E-state index contributed by atoms with van der Waals surface area (Å²) < 4.78 is 20.9. The van der Waals surface area contributed by atoms with Gasteiger partial charge >= 0.3 is 0 Å². The van der Waals surface area contributed by atoms with Crippen LogP contribution in [0.15, 0.2) is 0 Å². The number of hydrogen-bond acceptors (Lipinski definition) is 4. The Morgan fingerprint density at radius 2 is 1.19 bits per heavy atom. The highest BCUT2D eigenvalue weighted by atomic mass is 31.2. The van der Waals surface area contributed by atoms with Crippen LogP contribution in [0.25, 0.3) is 0 Å². The maximum absolute atomic E-state index is 5.24. The average Bonchev–Trinajstić information content (AvgIpc) is 2.50. The van der Waals surface area contributed by atoms with Crippen LogP contribution in [0, 0.1) is 11.3 Å². The van der Waals surface area contributed by atoms with Crippen molar-refractivity contribution < 1.29 is 18.9 Å². The molecule has 4 nitrogen and oxygen atoms in total. The van der Waals surface area contributed by atoms with E-state index in [1.54, 1.807) is 28.4 Å². The normalized spacial score (nSPS) is 11.5. The molecule has 0 radical (unpaired) electrons. The Morgan fingerprint density at radius 3 is 1.57 bits per heavy atom. The second-order valence-electron chi connectivity index (χ2n) is 5.02. The standard InChI is InChI=1S/C15H31O4P2/c1-16-6-10-20(11-7-17-2)12-15-21(5,13-8-18-3)14-9-19-4/h6-11,13-14H2,1-5H3/q+1. The van der Waals surface area contributed by atoms with Crippen LogP contribution in [-0.4, -0.2) is 86.2 Å². The van der Waals surface area contributed by atoms with Gasteiger partial charge in [0.15, 0.2) is 0 Å². The summed E-state index contributed by atoms with van der Waals surface area (Å²) in [6.07, 6.45) is 4.13. The molecule has 0 heterocycles. The van der Waals surface area contributed by atoms with Gasteiger partial charge in [-0.05, 0) is 13.6 Å². The third-order valence-electron chi connectivity index (χ3n) is 3.19. The smallest absolute Gasteiger partial charge is 0.0947 e. The number of ether oxygens (including phenoxy) is 4. The van der Waals surface area contributed by atoms with Crippen molar-refractivity contribution in [3.63, 3.8) is 0 Å². The molecule has 0 saturated carbocycles. The number of rotatable bonds is 12. The van der Waals surface area contributed by atoms with Crippen molar-refractivity contribution in [1.29, 1.82) is 0 Å². The van der Waals surface area contributed by atoms with E-state index in [4.69, 9.17) is 18.9 Å². The summed E-state index contributed by atoms with van der Waals surface area (Å²) in [4.78, 5) is 0. The van der Waals surface area contributed by atoms with E-state index >= 15 is 0 Å². The molecule has 0 rings (SSSR count). The summed E-state index contributed by atoms with van der Waals surface area (Å²) in [5.41, 5.74) is 7.14. The van der Waals surface area contributed by atoms with Crippen molar-refractivity contribution in [2.24, 2.45) is 0 Å². The van der Waals surface area contributed by atoms with Crippen LogP contribution in [0.2, 0.25) is 0 Å². The van der Waals surface area contributed by atoms with E-state index in [1.165, 1.54) is 0 Å². The first kappa shape index (κ1) is 21.3. The molecule has 0 aliphatic carbocycles. The topological polar surface area (TPSA) is 36.9 Å². The molecule has 0 unspecified atom stereocenters. The third kappa shape index (κ3) is 11.5. The molecule has 124 valence electrons. The predicted octanol–water partition coefficient (Wildman–Crippen LogP) is 2.62. The summed E-state index contributed by atoms with van der Waals surface area (Å²) in [5.74, 6) is 0. The minimum Gasteiger partial charge on any atom is -0.384 e. The monoisotopic (exact) mass is 337 g/mol. The Bertz CT molecular complexity index is 286. The van der Waals surface area contributed by atoms with Crippen molar-refractivity contribution in [3.8, 4) is 11.3 Å². The Balaban J connectivity index is 4.71. The van der Waals surface area contributed by atoms with Crippen LogP contribution in [0.4, 0.5) is 0 Å². The predicted molar refractivity (Wildman–Crippen MR) is 94.5 cm³/mol. The fraction of sp³-hybridized carbons (Fsp3) is 0.867. The molecule has 0 aromatic heterocycles. The zero-order chi connectivity index (χ0) is 16.0. The van der Waals surface area contributed by atoms with E-state index in [1.807, 2.05) is 0 Å². The fourth-order valence-electron chi connectivity index (χ4n) is 1.63. The van der Waals surface area contributed by atoms with E-state index in [0.29, 0.717) is 0 Å². The summed E-state index contributed by atoms with van der Waals surface area (Å²) in [7, 11) is 5.35. The van der Waals surface area contributed by atoms with E-state index in [9.17, 15) is 0 Å². The molecule has 0 amide bonds. The average molecular weight is 337 g/mol. The van der Waals surface area contributed by atoms with Crippen molar-refractivity contribution in [3.05, 3.63) is 0 Å². The van der Waals surface area contributed by atoms with Crippen LogP contribution in [-0.2, 0) is 18.9 Å². The summed E-state index contributed by atoms with van der Waals surface area (Å²) in [6.45, 7) is 5.40. The zero-order valence-electron chi connectivity index (χ0n) is 14.2. The largest absolute Gasteiger partial charge is 0.384 e. The SMILES string of the molecule is COCCP(C#C[P+](C)(CCOC)CCOC)CCOC. The van der Waals surface area contributed by atoms with Crippen LogP contribution < -0.4 is 0 Å². The maximum Gasteiger partial charge on any atom is 0.0947 e. The Labute approximate surface area is 132 Å². The molecule has 0 bridgehead atoms. The van der Waals surface area contributed by atoms with Crippen molar-refractivity contribution in [2.75, 3.05) is 86.2 Å². The van der Waals surface area contributed by atoms with Gasteiger partial charge in [0.1, 0.15) is 0 Å². The molecule has 0 fully saturated rings. The molecule has 0 aromatic carbocycles. The van der Waals surface area contributed by atoms with Gasteiger partial charge in [0.05, 0.1) is 58.3 Å². The minimum atomic E-state index is -1.30. The van der Waals surface area contributed by atoms with E-state index in [-0.39, 0.29) is 7.92 Å². The van der Waals surface area contributed by atoms with Crippen LogP contribution in [0.1, 0.15) is 0 Å². The van der Waals surface area contributed by atoms with Gasteiger partial charge in [0.2, 0.25) is 0 Å². The lowest BCUT2D eigenvalue weighted by Crippen LogP contribution is -2.09. The van der Waals surface area contributed by atoms with Gasteiger partial charge < -0.3 is 18.9 Å². The Morgan fingerprint density at radius 1 is 0.762 bits per heavy atom. The zero-order valence-corrected chi connectivity index (χ0v) is 16.0. The Kier molecular flexibility index (Phi) is 14.1. The molecule has 0 N–H and O–H groups in total. The summed E-state index contributed by atoms with van der Waals surface area (Å²) in [5, 5.41) is 0. The van der Waals surface area contributed by atoms with Gasteiger partial charge in [-0.2, -0.15) is 0 Å². The highest BCUT2D eigenvalue weighted by molar-refractivity contribution is 7.80. The lowest BCUT2D eigenvalue weighted by atomic mass is 10.8. The first-order chi connectivity index (χ1) is 10.1. The molecule has 0 aromatic rings. The van der Waals surface area contributed by atoms with Gasteiger partial charge in [-0.3, -0.25) is 0 Å². The molecule has 0 aliphatic rings. The molecule has 0 saturated heterocycles. The lowest BCUT2D eigenvalue weighted by molar-refractivity contribution is 0.213. The molecule has 0 spiro atoms. The van der Waals surface area contributed by atoms with E-state index < -0.39 is 7.26 Å². The van der Waals surface area contributed by atoms with Gasteiger partial charge in [-0.25, -0.2) is 0 Å². The quantitative estimate of drug-likeness (QED) is 0.405. The van der Waals surface area contributed by atoms with E-state index in [0.717, 1.165) is 51.1 Å². The first-order valence-corrected chi connectivity index (χ1v) is 11.5. The second kappa shape index (κ2) is 13.9. The number of methoxy groups -OCH3 is 4. The van der Waals surface area contributed by atoms with Gasteiger partial charge in [0.25, 0.3) is 0 Å². The molecule has 6 heteroatoms. The summed E-state index contributed by atoms with van der Waals surface area (Å²) in [6, 6.07) is 0. The van der Waals surface area contributed by atoms with Gasteiger partial charge in [0, 0.05) is 40.8 Å². The van der Waals surface area contributed by atoms with Crippen molar-refractivity contribution in [1.82, 2.24) is 0 Å². The Hall–Kier alpha value is 0.260. The molecular formula is C15H31O4P2+. The van der Waals surface area contributed by atoms with Crippen LogP contribution in [0.5, 0.6) is 0 Å². The number of hydrogen-bond donors (Lipinski definition) is 0. The highest BCUT2D eigenvalue weighted by Gasteiger charge is 2.29. The molecule has 21 heavy (non-hydrogen) atoms.